The standard InChI is InChI=1S/C15H13S/c1-2-13(12-8-4-3-5-9-12)14-10-6-7-11-15(14)16/h2-10,13-14H,1H2. The van der Waals surface area contributed by atoms with Gasteiger partial charge in [0.1, 0.15) is 0 Å². The first kappa shape index (κ1) is 11.0. The molecule has 1 aromatic rings. The Kier molecular flexibility index (Phi) is 3.47. The van der Waals surface area contributed by atoms with Crippen LogP contribution >= 0.6 is 12.2 Å². The summed E-state index contributed by atoms with van der Waals surface area (Å²) in [5.41, 5.74) is 1.25. The average Bonchev–Trinajstić information content (AvgIpc) is 2.34. The third kappa shape index (κ3) is 2.20. The number of thiocarbonyl (C=S) groups is 1. The second-order valence-electron chi connectivity index (χ2n) is 3.76. The summed E-state index contributed by atoms with van der Waals surface area (Å²) in [5.74, 6) is 0.450. The van der Waals surface area contributed by atoms with Crippen LogP contribution in [0.25, 0.3) is 0 Å². The first-order chi connectivity index (χ1) is 7.83. The zero-order valence-electron chi connectivity index (χ0n) is 8.97. The van der Waals surface area contributed by atoms with Crippen LogP contribution in [0.15, 0.2) is 61.2 Å². The highest BCUT2D eigenvalue weighted by atomic mass is 32.1. The van der Waals surface area contributed by atoms with E-state index in [4.69, 9.17) is 12.2 Å². The molecule has 0 saturated carbocycles. The summed E-state index contributed by atoms with van der Waals surface area (Å²) in [5, 5.41) is 0. The van der Waals surface area contributed by atoms with Crippen molar-refractivity contribution in [1.29, 1.82) is 0 Å². The lowest BCUT2D eigenvalue weighted by molar-refractivity contribution is 0.752. The Hall–Kier alpha value is -1.47. The van der Waals surface area contributed by atoms with E-state index in [1.165, 1.54) is 5.56 Å². The number of hydrogen-bond donors (Lipinski definition) is 0. The molecule has 79 valence electrons. The molecular formula is C15H13S. The molecule has 1 aromatic carbocycles. The lowest BCUT2D eigenvalue weighted by Crippen LogP contribution is -2.18. The van der Waals surface area contributed by atoms with E-state index in [1.54, 1.807) is 0 Å². The zero-order valence-corrected chi connectivity index (χ0v) is 9.78. The van der Waals surface area contributed by atoms with E-state index in [9.17, 15) is 0 Å². The van der Waals surface area contributed by atoms with Crippen molar-refractivity contribution in [3.05, 3.63) is 72.9 Å². The molecule has 16 heavy (non-hydrogen) atoms. The molecule has 1 heteroatoms. The van der Waals surface area contributed by atoms with E-state index >= 15 is 0 Å². The summed E-state index contributed by atoms with van der Waals surface area (Å²) >= 11 is 5.33. The topological polar surface area (TPSA) is 0 Å². The van der Waals surface area contributed by atoms with Crippen molar-refractivity contribution < 1.29 is 0 Å². The maximum Gasteiger partial charge on any atom is 0.0308 e. The van der Waals surface area contributed by atoms with Gasteiger partial charge in [-0.2, -0.15) is 0 Å². The quantitative estimate of drug-likeness (QED) is 0.556. The zero-order chi connectivity index (χ0) is 11.4. The van der Waals surface area contributed by atoms with Crippen molar-refractivity contribution in [2.45, 2.75) is 5.92 Å². The second-order valence-corrected chi connectivity index (χ2v) is 4.20. The molecular weight excluding hydrogens is 212 g/mol. The van der Waals surface area contributed by atoms with E-state index in [-0.39, 0.29) is 11.8 Å². The molecule has 1 aliphatic carbocycles. The fraction of sp³-hybridized carbons (Fsp3) is 0.133. The van der Waals surface area contributed by atoms with Gasteiger partial charge in [0.2, 0.25) is 0 Å². The van der Waals surface area contributed by atoms with Gasteiger partial charge in [0, 0.05) is 16.7 Å². The highest BCUT2D eigenvalue weighted by Crippen LogP contribution is 2.29. The van der Waals surface area contributed by atoms with Crippen LogP contribution in [-0.4, -0.2) is 4.86 Å². The second kappa shape index (κ2) is 5.04. The SMILES string of the molecule is C=CC(c1ccccc1)C1C=CC=[C]C1=S. The van der Waals surface area contributed by atoms with Crippen molar-refractivity contribution in [3.8, 4) is 0 Å². The summed E-state index contributed by atoms with van der Waals surface area (Å²) in [6.07, 6.45) is 11.0. The molecule has 0 nitrogen and oxygen atoms in total. The Balaban J connectivity index is 2.30. The predicted octanol–water partition coefficient (Wildman–Crippen LogP) is 3.87. The molecule has 2 atom stereocenters. The number of hydrogen-bond acceptors (Lipinski definition) is 1. The molecule has 0 spiro atoms. The van der Waals surface area contributed by atoms with Gasteiger partial charge in [-0.3, -0.25) is 0 Å². The van der Waals surface area contributed by atoms with Crippen LogP contribution in [0, 0.1) is 12.0 Å². The van der Waals surface area contributed by atoms with Gasteiger partial charge in [0.25, 0.3) is 0 Å². The smallest absolute Gasteiger partial charge is 0.0308 e. The highest BCUT2D eigenvalue weighted by molar-refractivity contribution is 7.80. The number of allylic oxidation sites excluding steroid dienone is 5. The van der Waals surface area contributed by atoms with Crippen molar-refractivity contribution in [2.24, 2.45) is 5.92 Å². The summed E-state index contributed by atoms with van der Waals surface area (Å²) in [4.78, 5) is 0.858. The Morgan fingerprint density at radius 1 is 1.31 bits per heavy atom. The summed E-state index contributed by atoms with van der Waals surface area (Å²) < 4.78 is 0. The van der Waals surface area contributed by atoms with Gasteiger partial charge in [-0.15, -0.1) is 6.58 Å². The number of benzene rings is 1. The van der Waals surface area contributed by atoms with Gasteiger partial charge in [-0.25, -0.2) is 0 Å². The first-order valence-electron chi connectivity index (χ1n) is 5.31. The normalized spacial score (nSPS) is 20.8. The van der Waals surface area contributed by atoms with Crippen LogP contribution in [0.5, 0.6) is 0 Å². The molecule has 2 rings (SSSR count). The fourth-order valence-electron chi connectivity index (χ4n) is 1.94. The maximum absolute atomic E-state index is 5.33. The molecule has 0 saturated heterocycles. The van der Waals surface area contributed by atoms with Gasteiger partial charge >= 0.3 is 0 Å². The maximum atomic E-state index is 5.33. The van der Waals surface area contributed by atoms with Gasteiger partial charge < -0.3 is 0 Å². The van der Waals surface area contributed by atoms with E-state index in [0.29, 0.717) is 0 Å². The van der Waals surface area contributed by atoms with E-state index in [2.05, 4.69) is 30.9 Å². The lowest BCUT2D eigenvalue weighted by Gasteiger charge is -2.22. The van der Waals surface area contributed by atoms with Gasteiger partial charge in [0.05, 0.1) is 0 Å². The van der Waals surface area contributed by atoms with Crippen LogP contribution in [0.4, 0.5) is 0 Å². The van der Waals surface area contributed by atoms with Crippen LogP contribution in [-0.2, 0) is 0 Å². The van der Waals surface area contributed by atoms with Gasteiger partial charge in [-0.05, 0) is 11.6 Å². The highest BCUT2D eigenvalue weighted by Gasteiger charge is 2.21. The first-order valence-corrected chi connectivity index (χ1v) is 5.71. The van der Waals surface area contributed by atoms with Crippen molar-refractivity contribution >= 4 is 17.1 Å². The Morgan fingerprint density at radius 3 is 2.69 bits per heavy atom. The van der Waals surface area contributed by atoms with Crippen molar-refractivity contribution in [2.75, 3.05) is 0 Å². The van der Waals surface area contributed by atoms with Crippen LogP contribution < -0.4 is 0 Å². The molecule has 1 aliphatic rings. The fourth-order valence-corrected chi connectivity index (χ4v) is 2.23. The molecule has 0 bridgehead atoms. The van der Waals surface area contributed by atoms with Gasteiger partial charge in [-0.1, -0.05) is 66.9 Å². The largest absolute Gasteiger partial charge is 0.102 e. The minimum atomic E-state index is 0.208. The molecule has 0 aliphatic heterocycles. The average molecular weight is 225 g/mol. The van der Waals surface area contributed by atoms with Gasteiger partial charge in [0.15, 0.2) is 0 Å². The minimum absolute atomic E-state index is 0.208. The molecule has 0 N–H and O–H groups in total. The summed E-state index contributed by atoms with van der Waals surface area (Å²) in [6, 6.07) is 10.3. The summed E-state index contributed by atoms with van der Waals surface area (Å²) in [7, 11) is 0. The third-order valence-electron chi connectivity index (χ3n) is 2.77. The van der Waals surface area contributed by atoms with Crippen molar-refractivity contribution in [1.82, 2.24) is 0 Å². The summed E-state index contributed by atoms with van der Waals surface area (Å²) in [6.45, 7) is 3.92. The van der Waals surface area contributed by atoms with E-state index < -0.39 is 0 Å². The molecule has 0 heterocycles. The Labute approximate surface area is 102 Å². The lowest BCUT2D eigenvalue weighted by atomic mass is 9.82. The number of rotatable bonds is 3. The van der Waals surface area contributed by atoms with Crippen LogP contribution in [0.1, 0.15) is 11.5 Å². The molecule has 0 amide bonds. The van der Waals surface area contributed by atoms with Crippen molar-refractivity contribution in [3.63, 3.8) is 0 Å². The molecule has 0 fully saturated rings. The van der Waals surface area contributed by atoms with E-state index in [0.717, 1.165) is 4.86 Å². The van der Waals surface area contributed by atoms with Crippen LogP contribution in [0.2, 0.25) is 0 Å². The Morgan fingerprint density at radius 2 is 2.06 bits per heavy atom. The monoisotopic (exact) mass is 225 g/mol. The third-order valence-corrected chi connectivity index (χ3v) is 3.16. The minimum Gasteiger partial charge on any atom is -0.102 e. The molecule has 2 unspecified atom stereocenters. The van der Waals surface area contributed by atoms with Crippen LogP contribution in [0.3, 0.4) is 0 Å². The predicted molar refractivity (Wildman–Crippen MR) is 72.4 cm³/mol. The Bertz CT molecular complexity index is 440. The van der Waals surface area contributed by atoms with E-state index in [1.807, 2.05) is 36.4 Å². The molecule has 1 radical (unpaired) electrons. The molecule has 0 aromatic heterocycles.